The van der Waals surface area contributed by atoms with Gasteiger partial charge in [0.15, 0.2) is 0 Å². The Morgan fingerprint density at radius 3 is 2.50 bits per heavy atom. The van der Waals surface area contributed by atoms with Crippen LogP contribution >= 0.6 is 24.0 Å². The van der Waals surface area contributed by atoms with Crippen LogP contribution in [-0.2, 0) is 0 Å². The molecule has 3 rings (SSSR count). The monoisotopic (exact) mass is 426 g/mol. The quantitative estimate of drug-likeness (QED) is 0.642. The average molecular weight is 427 g/mol. The Morgan fingerprint density at radius 1 is 1.18 bits per heavy atom. The summed E-state index contributed by atoms with van der Waals surface area (Å²) in [6.07, 6.45) is 5.50. The van der Waals surface area contributed by atoms with E-state index < -0.39 is 5.82 Å². The van der Waals surface area contributed by atoms with E-state index >= 15 is 0 Å². The molecule has 1 heterocycles. The number of benzene rings is 1. The van der Waals surface area contributed by atoms with Gasteiger partial charge in [-0.05, 0) is 56.4 Å². The lowest BCUT2D eigenvalue weighted by Gasteiger charge is -2.30. The van der Waals surface area contributed by atoms with Gasteiger partial charge in [-0.3, -0.25) is 4.79 Å². The Bertz CT molecular complexity index is 826. The summed E-state index contributed by atoms with van der Waals surface area (Å²) in [4.78, 5) is 16.8. The van der Waals surface area contributed by atoms with Gasteiger partial charge in [-0.2, -0.15) is 0 Å². The summed E-state index contributed by atoms with van der Waals surface area (Å²) in [7, 11) is 1.90. The van der Waals surface area contributed by atoms with Gasteiger partial charge >= 0.3 is 0 Å². The molecule has 152 valence electrons. The second-order valence-electron chi connectivity index (χ2n) is 6.93. The summed E-state index contributed by atoms with van der Waals surface area (Å²) < 4.78 is 13.2. The highest BCUT2D eigenvalue weighted by atomic mass is 35.5. The number of hydrogen-bond acceptors (Lipinski definition) is 4. The summed E-state index contributed by atoms with van der Waals surface area (Å²) in [5.41, 5.74) is 2.55. The van der Waals surface area contributed by atoms with Gasteiger partial charge in [0.2, 0.25) is 0 Å². The minimum Gasteiger partial charge on any atom is -0.388 e. The second-order valence-corrected chi connectivity index (χ2v) is 7.34. The summed E-state index contributed by atoms with van der Waals surface area (Å²) >= 11 is 5.75. The fraction of sp³-hybridized carbons (Fsp3) is 0.400. The van der Waals surface area contributed by atoms with Crippen LogP contribution in [0.1, 0.15) is 41.6 Å². The standard InChI is InChI=1S/C20H24ClFN4O.ClH/c1-12-11-24-19(10-18(12)23-2)25-14-4-6-15(7-5-14)26-20(27)13-3-8-17(22)16(21)9-13;/h3,8-11,14-15H,4-7H2,1-2H3,(H,26,27)(H2,23,24,25);1H. The van der Waals surface area contributed by atoms with E-state index in [-0.39, 0.29) is 29.4 Å². The Balaban J connectivity index is 0.00000280. The van der Waals surface area contributed by atoms with E-state index in [2.05, 4.69) is 20.9 Å². The van der Waals surface area contributed by atoms with Crippen LogP contribution in [-0.4, -0.2) is 30.0 Å². The molecule has 2 aromatic rings. The van der Waals surface area contributed by atoms with E-state index in [0.29, 0.717) is 11.6 Å². The van der Waals surface area contributed by atoms with E-state index in [1.807, 2.05) is 26.2 Å². The number of rotatable bonds is 5. The molecule has 0 saturated heterocycles. The molecule has 1 fully saturated rings. The highest BCUT2D eigenvalue weighted by molar-refractivity contribution is 6.31. The van der Waals surface area contributed by atoms with Crippen molar-refractivity contribution < 1.29 is 9.18 Å². The molecule has 1 saturated carbocycles. The molecule has 1 aliphatic carbocycles. The van der Waals surface area contributed by atoms with Crippen LogP contribution < -0.4 is 16.0 Å². The number of anilines is 2. The molecule has 0 aliphatic heterocycles. The molecular formula is C20H25Cl2FN4O. The Morgan fingerprint density at radius 2 is 1.86 bits per heavy atom. The molecule has 1 aromatic carbocycles. The van der Waals surface area contributed by atoms with Crippen molar-refractivity contribution in [3.63, 3.8) is 0 Å². The minimum atomic E-state index is -0.522. The van der Waals surface area contributed by atoms with Crippen LogP contribution in [0.25, 0.3) is 0 Å². The molecule has 0 bridgehead atoms. The molecule has 28 heavy (non-hydrogen) atoms. The van der Waals surface area contributed by atoms with E-state index in [9.17, 15) is 9.18 Å². The first kappa shape index (κ1) is 22.2. The zero-order chi connectivity index (χ0) is 19.4. The lowest BCUT2D eigenvalue weighted by atomic mass is 9.91. The number of amides is 1. The number of aryl methyl sites for hydroxylation is 1. The van der Waals surface area contributed by atoms with Crippen LogP contribution in [0, 0.1) is 12.7 Å². The maximum Gasteiger partial charge on any atom is 0.251 e. The van der Waals surface area contributed by atoms with Crippen molar-refractivity contribution in [1.82, 2.24) is 10.3 Å². The zero-order valence-electron chi connectivity index (χ0n) is 15.9. The fourth-order valence-corrected chi connectivity index (χ4v) is 3.55. The van der Waals surface area contributed by atoms with Crippen molar-refractivity contribution in [2.24, 2.45) is 0 Å². The van der Waals surface area contributed by atoms with Crippen molar-refractivity contribution in [3.8, 4) is 0 Å². The molecule has 0 spiro atoms. The maximum atomic E-state index is 13.2. The number of halogens is 3. The third-order valence-corrected chi connectivity index (χ3v) is 5.26. The number of pyridine rings is 1. The maximum absolute atomic E-state index is 13.2. The van der Waals surface area contributed by atoms with Gasteiger partial charge in [0.05, 0.1) is 5.02 Å². The van der Waals surface area contributed by atoms with E-state index in [1.54, 1.807) is 0 Å². The molecule has 8 heteroatoms. The predicted molar refractivity (Wildman–Crippen MR) is 114 cm³/mol. The van der Waals surface area contributed by atoms with E-state index in [0.717, 1.165) is 42.8 Å². The van der Waals surface area contributed by atoms with Crippen molar-refractivity contribution in [2.75, 3.05) is 17.7 Å². The van der Waals surface area contributed by atoms with Gasteiger partial charge < -0.3 is 16.0 Å². The van der Waals surface area contributed by atoms with Gasteiger partial charge in [0, 0.05) is 42.6 Å². The smallest absolute Gasteiger partial charge is 0.251 e. The topological polar surface area (TPSA) is 66.0 Å². The van der Waals surface area contributed by atoms with Crippen molar-refractivity contribution >= 4 is 41.4 Å². The summed E-state index contributed by atoms with van der Waals surface area (Å²) in [5.74, 6) is 0.122. The number of aromatic nitrogens is 1. The van der Waals surface area contributed by atoms with Crippen LogP contribution in [0.5, 0.6) is 0 Å². The van der Waals surface area contributed by atoms with Crippen LogP contribution in [0.2, 0.25) is 5.02 Å². The van der Waals surface area contributed by atoms with Gasteiger partial charge in [-0.1, -0.05) is 11.6 Å². The number of nitrogens with zero attached hydrogens (tertiary/aromatic N) is 1. The number of nitrogens with one attached hydrogen (secondary N) is 3. The van der Waals surface area contributed by atoms with E-state index in [1.165, 1.54) is 18.2 Å². The number of carbonyl (C=O) groups is 1. The zero-order valence-corrected chi connectivity index (χ0v) is 17.5. The number of carbonyl (C=O) groups excluding carboxylic acids is 1. The fourth-order valence-electron chi connectivity index (χ4n) is 3.37. The van der Waals surface area contributed by atoms with Crippen LogP contribution in [0.4, 0.5) is 15.9 Å². The highest BCUT2D eigenvalue weighted by Gasteiger charge is 2.23. The van der Waals surface area contributed by atoms with Crippen LogP contribution in [0.3, 0.4) is 0 Å². The molecule has 0 unspecified atom stereocenters. The lowest BCUT2D eigenvalue weighted by Crippen LogP contribution is -2.40. The first-order valence-electron chi connectivity index (χ1n) is 9.13. The van der Waals surface area contributed by atoms with Gasteiger partial charge in [-0.15, -0.1) is 12.4 Å². The molecule has 1 aliphatic rings. The number of hydrogen-bond donors (Lipinski definition) is 3. The molecule has 5 nitrogen and oxygen atoms in total. The second kappa shape index (κ2) is 9.94. The summed E-state index contributed by atoms with van der Waals surface area (Å²) in [6, 6.07) is 6.48. The van der Waals surface area contributed by atoms with Gasteiger partial charge in [0.1, 0.15) is 11.6 Å². The third-order valence-electron chi connectivity index (χ3n) is 4.97. The molecule has 3 N–H and O–H groups in total. The summed E-state index contributed by atoms with van der Waals surface area (Å²) in [6.45, 7) is 2.02. The normalized spacial score (nSPS) is 18.7. The van der Waals surface area contributed by atoms with Crippen molar-refractivity contribution in [1.29, 1.82) is 0 Å². The molecule has 1 aromatic heterocycles. The molecular weight excluding hydrogens is 402 g/mol. The highest BCUT2D eigenvalue weighted by Crippen LogP contribution is 2.24. The molecule has 1 amide bonds. The largest absolute Gasteiger partial charge is 0.388 e. The molecule has 0 atom stereocenters. The van der Waals surface area contributed by atoms with E-state index in [4.69, 9.17) is 11.6 Å². The van der Waals surface area contributed by atoms with Gasteiger partial charge in [-0.25, -0.2) is 9.37 Å². The minimum absolute atomic E-state index is 0. The van der Waals surface area contributed by atoms with Crippen LogP contribution in [0.15, 0.2) is 30.5 Å². The first-order chi connectivity index (χ1) is 13.0. The van der Waals surface area contributed by atoms with Crippen molar-refractivity contribution in [2.45, 2.75) is 44.7 Å². The average Bonchev–Trinajstić information content (AvgIpc) is 2.67. The SMILES string of the molecule is CNc1cc(NC2CCC(NC(=O)c3ccc(F)c(Cl)c3)CC2)ncc1C.Cl. The first-order valence-corrected chi connectivity index (χ1v) is 9.51. The molecule has 0 radical (unpaired) electrons. The third kappa shape index (κ3) is 5.49. The predicted octanol–water partition coefficient (Wildman–Crippen LogP) is 4.80. The Kier molecular flexibility index (Phi) is 7.89. The Labute approximate surface area is 175 Å². The van der Waals surface area contributed by atoms with Crippen molar-refractivity contribution in [3.05, 3.63) is 52.4 Å². The lowest BCUT2D eigenvalue weighted by molar-refractivity contribution is 0.0926. The van der Waals surface area contributed by atoms with Gasteiger partial charge in [0.25, 0.3) is 5.91 Å². The Hall–Kier alpha value is -2.05. The summed E-state index contributed by atoms with van der Waals surface area (Å²) in [5, 5.41) is 9.62.